The SMILES string of the molecule is Cc1cccc(OCCC(=O)N(CCBr)C2CCC2)c1. The highest BCUT2D eigenvalue weighted by Gasteiger charge is 2.27. The Bertz CT molecular complexity index is 446. The molecule has 4 heteroatoms. The van der Waals surface area contributed by atoms with Gasteiger partial charge in [-0.25, -0.2) is 0 Å². The predicted octanol–water partition coefficient (Wildman–Crippen LogP) is 3.54. The molecule has 0 saturated heterocycles. The topological polar surface area (TPSA) is 29.5 Å². The summed E-state index contributed by atoms with van der Waals surface area (Å²) in [5, 5.41) is 0.841. The summed E-state index contributed by atoms with van der Waals surface area (Å²) < 4.78 is 5.66. The normalized spacial score (nSPS) is 14.7. The number of ether oxygens (including phenoxy) is 1. The summed E-state index contributed by atoms with van der Waals surface area (Å²) in [6.45, 7) is 3.29. The average molecular weight is 340 g/mol. The van der Waals surface area contributed by atoms with Gasteiger partial charge in [-0.05, 0) is 43.9 Å². The van der Waals surface area contributed by atoms with Crippen molar-refractivity contribution in [3.8, 4) is 5.75 Å². The molecule has 0 N–H and O–H groups in total. The lowest BCUT2D eigenvalue weighted by molar-refractivity contribution is -0.135. The number of nitrogens with zero attached hydrogens (tertiary/aromatic N) is 1. The molecule has 1 aliphatic carbocycles. The van der Waals surface area contributed by atoms with Gasteiger partial charge in [-0.15, -0.1) is 0 Å². The Balaban J connectivity index is 1.78. The van der Waals surface area contributed by atoms with E-state index in [1.807, 2.05) is 36.1 Å². The number of hydrogen-bond donors (Lipinski definition) is 0. The van der Waals surface area contributed by atoms with Gasteiger partial charge in [0.25, 0.3) is 0 Å². The van der Waals surface area contributed by atoms with Gasteiger partial charge in [0.2, 0.25) is 5.91 Å². The van der Waals surface area contributed by atoms with E-state index >= 15 is 0 Å². The Labute approximate surface area is 129 Å². The molecular weight excluding hydrogens is 318 g/mol. The van der Waals surface area contributed by atoms with Crippen LogP contribution in [-0.2, 0) is 4.79 Å². The maximum atomic E-state index is 12.2. The van der Waals surface area contributed by atoms with Gasteiger partial charge >= 0.3 is 0 Å². The smallest absolute Gasteiger partial charge is 0.226 e. The first-order chi connectivity index (χ1) is 9.70. The number of alkyl halides is 1. The van der Waals surface area contributed by atoms with E-state index in [9.17, 15) is 4.79 Å². The molecular formula is C16H22BrNO2. The van der Waals surface area contributed by atoms with Gasteiger partial charge in [-0.1, -0.05) is 28.1 Å². The van der Waals surface area contributed by atoms with Crippen molar-refractivity contribution in [3.05, 3.63) is 29.8 Å². The number of halogens is 1. The van der Waals surface area contributed by atoms with E-state index in [1.165, 1.54) is 12.0 Å². The van der Waals surface area contributed by atoms with Gasteiger partial charge in [-0.3, -0.25) is 4.79 Å². The molecule has 1 amide bonds. The maximum absolute atomic E-state index is 12.2. The van der Waals surface area contributed by atoms with Crippen LogP contribution in [0.5, 0.6) is 5.75 Å². The minimum absolute atomic E-state index is 0.210. The van der Waals surface area contributed by atoms with E-state index in [-0.39, 0.29) is 5.91 Å². The molecule has 0 spiro atoms. The first-order valence-electron chi connectivity index (χ1n) is 7.25. The van der Waals surface area contributed by atoms with Crippen molar-refractivity contribution in [1.29, 1.82) is 0 Å². The highest BCUT2D eigenvalue weighted by Crippen LogP contribution is 2.25. The van der Waals surface area contributed by atoms with Crippen LogP contribution in [0.3, 0.4) is 0 Å². The van der Waals surface area contributed by atoms with E-state index in [1.54, 1.807) is 0 Å². The zero-order chi connectivity index (χ0) is 14.4. The zero-order valence-corrected chi connectivity index (χ0v) is 13.6. The van der Waals surface area contributed by atoms with Crippen LogP contribution in [0.4, 0.5) is 0 Å². The molecule has 20 heavy (non-hydrogen) atoms. The largest absolute Gasteiger partial charge is 0.493 e. The number of rotatable bonds is 7. The van der Waals surface area contributed by atoms with Crippen molar-refractivity contribution in [1.82, 2.24) is 4.90 Å². The molecule has 0 aromatic heterocycles. The van der Waals surface area contributed by atoms with Crippen molar-refractivity contribution in [2.45, 2.75) is 38.6 Å². The van der Waals surface area contributed by atoms with Crippen molar-refractivity contribution in [3.63, 3.8) is 0 Å². The lowest BCUT2D eigenvalue weighted by Crippen LogP contribution is -2.45. The molecule has 110 valence electrons. The molecule has 0 radical (unpaired) electrons. The molecule has 2 rings (SSSR count). The summed E-state index contributed by atoms with van der Waals surface area (Å²) in [7, 11) is 0. The van der Waals surface area contributed by atoms with Crippen LogP contribution in [0, 0.1) is 6.92 Å². The number of amides is 1. The average Bonchev–Trinajstić information content (AvgIpc) is 2.36. The van der Waals surface area contributed by atoms with Crippen LogP contribution in [0.2, 0.25) is 0 Å². The fourth-order valence-corrected chi connectivity index (χ4v) is 2.79. The third-order valence-corrected chi connectivity index (χ3v) is 4.09. The van der Waals surface area contributed by atoms with Gasteiger partial charge in [0.05, 0.1) is 13.0 Å². The Morgan fingerprint density at radius 3 is 2.85 bits per heavy atom. The second-order valence-electron chi connectivity index (χ2n) is 5.28. The van der Waals surface area contributed by atoms with E-state index < -0.39 is 0 Å². The minimum Gasteiger partial charge on any atom is -0.493 e. The van der Waals surface area contributed by atoms with Crippen LogP contribution in [0.25, 0.3) is 0 Å². The first-order valence-corrected chi connectivity index (χ1v) is 8.38. The molecule has 1 aromatic carbocycles. The molecule has 0 unspecified atom stereocenters. The summed E-state index contributed by atoms with van der Waals surface area (Å²) >= 11 is 3.43. The third-order valence-electron chi connectivity index (χ3n) is 3.74. The molecule has 1 aliphatic rings. The van der Waals surface area contributed by atoms with Crippen LogP contribution < -0.4 is 4.74 Å². The van der Waals surface area contributed by atoms with Gasteiger partial charge in [0.15, 0.2) is 0 Å². The summed E-state index contributed by atoms with van der Waals surface area (Å²) in [6, 6.07) is 8.38. The quantitative estimate of drug-likeness (QED) is 0.711. The highest BCUT2D eigenvalue weighted by atomic mass is 79.9. The van der Waals surface area contributed by atoms with Crippen molar-refractivity contribution >= 4 is 21.8 Å². The van der Waals surface area contributed by atoms with Crippen molar-refractivity contribution in [2.75, 3.05) is 18.5 Å². The fraction of sp³-hybridized carbons (Fsp3) is 0.562. The second kappa shape index (κ2) is 7.67. The van der Waals surface area contributed by atoms with Crippen LogP contribution in [0.1, 0.15) is 31.2 Å². The van der Waals surface area contributed by atoms with Crippen molar-refractivity contribution < 1.29 is 9.53 Å². The van der Waals surface area contributed by atoms with Gasteiger partial charge in [0.1, 0.15) is 5.75 Å². The van der Waals surface area contributed by atoms with E-state index in [4.69, 9.17) is 4.74 Å². The molecule has 0 heterocycles. The number of aryl methyl sites for hydroxylation is 1. The van der Waals surface area contributed by atoms with Crippen LogP contribution in [0.15, 0.2) is 24.3 Å². The molecule has 0 aliphatic heterocycles. The summed E-state index contributed by atoms with van der Waals surface area (Å²) in [4.78, 5) is 14.3. The van der Waals surface area contributed by atoms with E-state index in [0.29, 0.717) is 19.1 Å². The highest BCUT2D eigenvalue weighted by molar-refractivity contribution is 9.09. The van der Waals surface area contributed by atoms with Crippen LogP contribution >= 0.6 is 15.9 Å². The lowest BCUT2D eigenvalue weighted by atomic mass is 9.91. The maximum Gasteiger partial charge on any atom is 0.226 e. The fourth-order valence-electron chi connectivity index (χ4n) is 2.41. The van der Waals surface area contributed by atoms with Gasteiger partial charge in [-0.2, -0.15) is 0 Å². The Hall–Kier alpha value is -1.03. The zero-order valence-electron chi connectivity index (χ0n) is 12.0. The van der Waals surface area contributed by atoms with E-state index in [2.05, 4.69) is 15.9 Å². The number of benzene rings is 1. The van der Waals surface area contributed by atoms with E-state index in [0.717, 1.165) is 30.5 Å². The van der Waals surface area contributed by atoms with Crippen LogP contribution in [-0.4, -0.2) is 35.3 Å². The Kier molecular flexibility index (Phi) is 5.89. The lowest BCUT2D eigenvalue weighted by Gasteiger charge is -2.37. The standard InChI is InChI=1S/C16H22BrNO2/c1-13-4-2-7-15(12-13)20-11-8-16(19)18(10-9-17)14-5-3-6-14/h2,4,7,12,14H,3,5-6,8-11H2,1H3. The molecule has 1 aromatic rings. The Morgan fingerprint density at radius 1 is 1.45 bits per heavy atom. The molecule has 3 nitrogen and oxygen atoms in total. The summed E-state index contributed by atoms with van der Waals surface area (Å²) in [6.07, 6.45) is 4.00. The molecule has 1 saturated carbocycles. The minimum atomic E-state index is 0.210. The summed E-state index contributed by atoms with van der Waals surface area (Å²) in [5.74, 6) is 1.05. The summed E-state index contributed by atoms with van der Waals surface area (Å²) in [5.41, 5.74) is 1.17. The number of carbonyl (C=O) groups excluding carboxylic acids is 1. The van der Waals surface area contributed by atoms with Gasteiger partial charge < -0.3 is 9.64 Å². The molecule has 1 fully saturated rings. The predicted molar refractivity (Wildman–Crippen MR) is 84.4 cm³/mol. The number of carbonyl (C=O) groups is 1. The number of hydrogen-bond acceptors (Lipinski definition) is 2. The molecule has 0 atom stereocenters. The van der Waals surface area contributed by atoms with Crippen molar-refractivity contribution in [2.24, 2.45) is 0 Å². The third kappa shape index (κ3) is 4.23. The first kappa shape index (κ1) is 15.4. The second-order valence-corrected chi connectivity index (χ2v) is 6.07. The Morgan fingerprint density at radius 2 is 2.25 bits per heavy atom. The molecule has 0 bridgehead atoms. The van der Waals surface area contributed by atoms with Gasteiger partial charge in [0, 0.05) is 17.9 Å². The monoisotopic (exact) mass is 339 g/mol.